The fraction of sp³-hybridized carbons (Fsp3) is 0.429. The van der Waals surface area contributed by atoms with Crippen molar-refractivity contribution in [3.63, 3.8) is 0 Å². The van der Waals surface area contributed by atoms with Gasteiger partial charge in [-0.1, -0.05) is 12.1 Å². The van der Waals surface area contributed by atoms with Crippen molar-refractivity contribution >= 4 is 5.91 Å². The van der Waals surface area contributed by atoms with E-state index in [2.05, 4.69) is 46.7 Å². The SMILES string of the molecule is Cc1cc(C)n([C@H]2CCN(C(=O)c3cccc(-c4ncnn4C(C)C)c3)C2)n1. The standard InChI is InChI=1S/C21H26N6O/c1-14(2)26-20(22-13-23-26)17-6-5-7-18(11-17)21(28)25-9-8-19(12-25)27-16(4)10-15(3)24-27/h5-7,10-11,13-14,19H,8-9,12H2,1-4H3/t19-/m0/s1. The fourth-order valence-electron chi connectivity index (χ4n) is 3.95. The molecule has 1 fully saturated rings. The topological polar surface area (TPSA) is 68.8 Å². The number of carbonyl (C=O) groups is 1. The van der Waals surface area contributed by atoms with Crippen molar-refractivity contribution in [2.24, 2.45) is 0 Å². The first-order valence-electron chi connectivity index (χ1n) is 9.76. The van der Waals surface area contributed by atoms with Crippen LogP contribution in [0.25, 0.3) is 11.4 Å². The van der Waals surface area contributed by atoms with Crippen LogP contribution in [0.5, 0.6) is 0 Å². The number of hydrogen-bond donors (Lipinski definition) is 0. The lowest BCUT2D eigenvalue weighted by atomic mass is 10.1. The maximum Gasteiger partial charge on any atom is 0.253 e. The molecule has 1 atom stereocenters. The number of aromatic nitrogens is 5. The summed E-state index contributed by atoms with van der Waals surface area (Å²) in [5, 5.41) is 8.89. The fourth-order valence-corrected chi connectivity index (χ4v) is 3.95. The summed E-state index contributed by atoms with van der Waals surface area (Å²) >= 11 is 0. The Morgan fingerprint density at radius 1 is 1.21 bits per heavy atom. The second-order valence-corrected chi connectivity index (χ2v) is 7.77. The molecule has 0 N–H and O–H groups in total. The van der Waals surface area contributed by atoms with E-state index in [1.54, 1.807) is 6.33 Å². The molecular weight excluding hydrogens is 352 g/mol. The van der Waals surface area contributed by atoms with Crippen molar-refractivity contribution in [2.75, 3.05) is 13.1 Å². The second kappa shape index (κ2) is 7.22. The van der Waals surface area contributed by atoms with E-state index in [4.69, 9.17) is 0 Å². The highest BCUT2D eigenvalue weighted by molar-refractivity contribution is 5.95. The zero-order valence-electron chi connectivity index (χ0n) is 16.8. The number of nitrogens with zero attached hydrogens (tertiary/aromatic N) is 6. The lowest BCUT2D eigenvalue weighted by Crippen LogP contribution is -2.29. The third-order valence-electron chi connectivity index (χ3n) is 5.27. The summed E-state index contributed by atoms with van der Waals surface area (Å²) in [5.74, 6) is 0.841. The molecule has 0 spiro atoms. The van der Waals surface area contributed by atoms with Gasteiger partial charge in [-0.05, 0) is 52.3 Å². The molecule has 7 heteroatoms. The van der Waals surface area contributed by atoms with Crippen LogP contribution in [0.3, 0.4) is 0 Å². The Hall–Kier alpha value is -2.96. The van der Waals surface area contributed by atoms with E-state index in [1.807, 2.05) is 40.8 Å². The van der Waals surface area contributed by atoms with Crippen LogP contribution >= 0.6 is 0 Å². The van der Waals surface area contributed by atoms with Gasteiger partial charge in [0.15, 0.2) is 5.82 Å². The van der Waals surface area contributed by atoms with Crippen molar-refractivity contribution in [3.8, 4) is 11.4 Å². The van der Waals surface area contributed by atoms with Crippen LogP contribution in [0, 0.1) is 13.8 Å². The van der Waals surface area contributed by atoms with Gasteiger partial charge in [-0.3, -0.25) is 9.48 Å². The van der Waals surface area contributed by atoms with Crippen LogP contribution in [0.15, 0.2) is 36.7 Å². The van der Waals surface area contributed by atoms with Crippen molar-refractivity contribution in [2.45, 2.75) is 46.2 Å². The molecule has 3 heterocycles. The summed E-state index contributed by atoms with van der Waals surface area (Å²) in [7, 11) is 0. The Morgan fingerprint density at radius 2 is 2.04 bits per heavy atom. The average molecular weight is 378 g/mol. The van der Waals surface area contributed by atoms with Crippen LogP contribution < -0.4 is 0 Å². The largest absolute Gasteiger partial charge is 0.336 e. The van der Waals surface area contributed by atoms with Crippen molar-refractivity contribution in [1.82, 2.24) is 29.4 Å². The predicted octanol–water partition coefficient (Wildman–Crippen LogP) is 3.43. The first-order valence-corrected chi connectivity index (χ1v) is 9.76. The molecule has 1 aromatic carbocycles. The molecule has 146 valence electrons. The predicted molar refractivity (Wildman–Crippen MR) is 107 cm³/mol. The van der Waals surface area contributed by atoms with Crippen LogP contribution in [0.4, 0.5) is 0 Å². The van der Waals surface area contributed by atoms with Gasteiger partial charge in [0.05, 0.1) is 11.7 Å². The Kier molecular flexibility index (Phi) is 4.75. The maximum absolute atomic E-state index is 13.1. The van der Waals surface area contributed by atoms with E-state index in [9.17, 15) is 4.79 Å². The molecule has 28 heavy (non-hydrogen) atoms. The molecule has 1 saturated heterocycles. The van der Waals surface area contributed by atoms with Gasteiger partial charge in [0.1, 0.15) is 6.33 Å². The van der Waals surface area contributed by atoms with Gasteiger partial charge in [-0.25, -0.2) is 9.67 Å². The summed E-state index contributed by atoms with van der Waals surface area (Å²) in [4.78, 5) is 19.4. The van der Waals surface area contributed by atoms with E-state index in [1.165, 1.54) is 0 Å². The Morgan fingerprint density at radius 3 is 2.75 bits per heavy atom. The van der Waals surface area contributed by atoms with Gasteiger partial charge in [0.25, 0.3) is 5.91 Å². The minimum Gasteiger partial charge on any atom is -0.336 e. The highest BCUT2D eigenvalue weighted by Gasteiger charge is 2.29. The molecule has 1 aliphatic heterocycles. The summed E-state index contributed by atoms with van der Waals surface area (Å²) in [5.41, 5.74) is 3.76. The minimum absolute atomic E-state index is 0.0569. The van der Waals surface area contributed by atoms with Gasteiger partial charge in [-0.15, -0.1) is 0 Å². The molecule has 0 unspecified atom stereocenters. The highest BCUT2D eigenvalue weighted by Crippen LogP contribution is 2.26. The molecule has 1 amide bonds. The highest BCUT2D eigenvalue weighted by atomic mass is 16.2. The number of carbonyl (C=O) groups excluding carboxylic acids is 1. The number of hydrogen-bond acceptors (Lipinski definition) is 4. The van der Waals surface area contributed by atoms with Crippen molar-refractivity contribution in [3.05, 3.63) is 53.6 Å². The number of aryl methyl sites for hydroxylation is 2. The maximum atomic E-state index is 13.1. The molecule has 1 aliphatic rings. The average Bonchev–Trinajstić information content (AvgIpc) is 3.40. The van der Waals surface area contributed by atoms with Crippen molar-refractivity contribution < 1.29 is 4.79 Å². The van der Waals surface area contributed by atoms with E-state index in [-0.39, 0.29) is 18.0 Å². The zero-order valence-corrected chi connectivity index (χ0v) is 16.8. The Labute approximate surface area is 165 Å². The van der Waals surface area contributed by atoms with Gasteiger partial charge < -0.3 is 4.90 Å². The van der Waals surface area contributed by atoms with Crippen LogP contribution in [0.2, 0.25) is 0 Å². The van der Waals surface area contributed by atoms with Gasteiger partial charge in [0, 0.05) is 36.0 Å². The lowest BCUT2D eigenvalue weighted by Gasteiger charge is -2.18. The molecule has 0 aliphatic carbocycles. The van der Waals surface area contributed by atoms with Gasteiger partial charge >= 0.3 is 0 Å². The van der Waals surface area contributed by atoms with Crippen LogP contribution in [-0.4, -0.2) is 48.4 Å². The molecule has 3 aromatic rings. The number of amides is 1. The smallest absolute Gasteiger partial charge is 0.253 e. The first-order chi connectivity index (χ1) is 13.4. The summed E-state index contributed by atoms with van der Waals surface area (Å²) in [6.45, 7) is 9.64. The Balaban J connectivity index is 1.54. The normalized spacial score (nSPS) is 16.9. The van der Waals surface area contributed by atoms with E-state index in [0.29, 0.717) is 12.1 Å². The molecule has 0 radical (unpaired) electrons. The third-order valence-corrected chi connectivity index (χ3v) is 5.27. The molecule has 0 saturated carbocycles. The minimum atomic E-state index is 0.0569. The van der Waals surface area contributed by atoms with E-state index < -0.39 is 0 Å². The number of likely N-dealkylation sites (tertiary alicyclic amines) is 1. The molecule has 0 bridgehead atoms. The summed E-state index contributed by atoms with van der Waals surface area (Å²) in [6, 6.07) is 10.2. The molecule has 2 aromatic heterocycles. The summed E-state index contributed by atoms with van der Waals surface area (Å²) in [6.07, 6.45) is 2.48. The zero-order chi connectivity index (χ0) is 19.8. The Bertz CT molecular complexity index is 1000. The third kappa shape index (κ3) is 3.32. The van der Waals surface area contributed by atoms with Gasteiger partial charge in [0.2, 0.25) is 0 Å². The van der Waals surface area contributed by atoms with Crippen LogP contribution in [-0.2, 0) is 0 Å². The number of benzene rings is 1. The second-order valence-electron chi connectivity index (χ2n) is 7.77. The van der Waals surface area contributed by atoms with Crippen LogP contribution in [0.1, 0.15) is 54.1 Å². The molecule has 4 rings (SSSR count). The number of rotatable bonds is 4. The van der Waals surface area contributed by atoms with E-state index >= 15 is 0 Å². The lowest BCUT2D eigenvalue weighted by molar-refractivity contribution is 0.0787. The quantitative estimate of drug-likeness (QED) is 0.697. The monoisotopic (exact) mass is 378 g/mol. The van der Waals surface area contributed by atoms with E-state index in [0.717, 1.165) is 35.7 Å². The van der Waals surface area contributed by atoms with Gasteiger partial charge in [-0.2, -0.15) is 10.2 Å². The molecular formula is C21H26N6O. The van der Waals surface area contributed by atoms with Crippen molar-refractivity contribution in [1.29, 1.82) is 0 Å². The summed E-state index contributed by atoms with van der Waals surface area (Å²) < 4.78 is 3.93. The molecule has 7 nitrogen and oxygen atoms in total. The first kappa shape index (κ1) is 18.4.